The second-order valence-electron chi connectivity index (χ2n) is 7.99. The van der Waals surface area contributed by atoms with E-state index in [0.717, 1.165) is 83.4 Å². The summed E-state index contributed by atoms with van der Waals surface area (Å²) in [5, 5.41) is 6.57. The third-order valence-corrected chi connectivity index (χ3v) is 5.58. The number of ether oxygens (including phenoxy) is 3. The predicted molar refractivity (Wildman–Crippen MR) is 121 cm³/mol. The van der Waals surface area contributed by atoms with Crippen molar-refractivity contribution in [1.82, 2.24) is 10.6 Å². The maximum atomic E-state index is 14.6. The molecule has 2 aliphatic heterocycles. The molecule has 0 amide bonds. The average Bonchev–Trinajstić information content (AvgIpc) is 2.81. The molecule has 174 valence electrons. The molecule has 0 aliphatic carbocycles. The SMILES string of the molecule is CCNC(=NCc1ccc(N2CCOCC2)c(F)c1)NCCCOCC1CCOCC1. The van der Waals surface area contributed by atoms with E-state index in [1.807, 2.05) is 24.0 Å². The normalized spacial score (nSPS) is 18.3. The van der Waals surface area contributed by atoms with Crippen LogP contribution in [0.3, 0.4) is 0 Å². The number of hydrogen-bond donors (Lipinski definition) is 2. The van der Waals surface area contributed by atoms with Gasteiger partial charge in [-0.05, 0) is 49.8 Å². The number of rotatable bonds is 10. The first-order valence-electron chi connectivity index (χ1n) is 11.5. The van der Waals surface area contributed by atoms with Gasteiger partial charge in [0.15, 0.2) is 5.96 Å². The van der Waals surface area contributed by atoms with Crippen molar-refractivity contribution >= 4 is 11.6 Å². The van der Waals surface area contributed by atoms with Gasteiger partial charge in [-0.1, -0.05) is 6.07 Å². The van der Waals surface area contributed by atoms with E-state index >= 15 is 0 Å². The molecule has 3 rings (SSSR count). The van der Waals surface area contributed by atoms with Crippen LogP contribution >= 0.6 is 0 Å². The Kier molecular flexibility index (Phi) is 10.3. The smallest absolute Gasteiger partial charge is 0.191 e. The third kappa shape index (κ3) is 8.27. The van der Waals surface area contributed by atoms with Crippen LogP contribution in [0.4, 0.5) is 10.1 Å². The number of nitrogens with one attached hydrogen (secondary N) is 2. The van der Waals surface area contributed by atoms with Crippen molar-refractivity contribution in [2.75, 3.05) is 70.7 Å². The lowest BCUT2D eigenvalue weighted by molar-refractivity contribution is 0.0203. The van der Waals surface area contributed by atoms with E-state index < -0.39 is 0 Å². The van der Waals surface area contributed by atoms with E-state index in [1.54, 1.807) is 6.07 Å². The van der Waals surface area contributed by atoms with E-state index in [9.17, 15) is 4.39 Å². The Labute approximate surface area is 185 Å². The van der Waals surface area contributed by atoms with Crippen molar-refractivity contribution in [2.45, 2.75) is 32.7 Å². The predicted octanol–water partition coefficient (Wildman–Crippen LogP) is 2.55. The molecule has 2 heterocycles. The molecule has 0 atom stereocenters. The Hall–Kier alpha value is -1.90. The molecular formula is C23H37FN4O3. The minimum Gasteiger partial charge on any atom is -0.381 e. The molecule has 0 unspecified atom stereocenters. The molecule has 1 aromatic carbocycles. The standard InChI is InChI=1S/C23H37FN4O3/c1-2-25-23(26-8-3-11-31-18-19-6-12-29-13-7-19)27-17-20-4-5-22(21(24)16-20)28-9-14-30-15-10-28/h4-5,16,19H,2-3,6-15,17-18H2,1H3,(H2,25,26,27). The van der Waals surface area contributed by atoms with Gasteiger partial charge in [-0.2, -0.15) is 0 Å². The molecule has 0 spiro atoms. The summed E-state index contributed by atoms with van der Waals surface area (Å²) in [4.78, 5) is 6.63. The van der Waals surface area contributed by atoms with Gasteiger partial charge in [-0.15, -0.1) is 0 Å². The van der Waals surface area contributed by atoms with Gasteiger partial charge in [-0.3, -0.25) is 0 Å². The van der Waals surface area contributed by atoms with Crippen LogP contribution < -0.4 is 15.5 Å². The highest BCUT2D eigenvalue weighted by molar-refractivity contribution is 5.79. The molecule has 0 saturated carbocycles. The number of anilines is 1. The van der Waals surface area contributed by atoms with Crippen molar-refractivity contribution in [1.29, 1.82) is 0 Å². The summed E-state index contributed by atoms with van der Waals surface area (Å²) < 4.78 is 31.1. The number of guanidine groups is 1. The molecule has 31 heavy (non-hydrogen) atoms. The van der Waals surface area contributed by atoms with Crippen molar-refractivity contribution in [3.63, 3.8) is 0 Å². The summed E-state index contributed by atoms with van der Waals surface area (Å²) >= 11 is 0. The van der Waals surface area contributed by atoms with Gasteiger partial charge in [0.05, 0.1) is 25.4 Å². The fourth-order valence-electron chi connectivity index (χ4n) is 3.77. The number of hydrogen-bond acceptors (Lipinski definition) is 5. The van der Waals surface area contributed by atoms with Crippen molar-refractivity contribution in [3.05, 3.63) is 29.6 Å². The third-order valence-electron chi connectivity index (χ3n) is 5.58. The number of aliphatic imine (C=N–C) groups is 1. The summed E-state index contributed by atoms with van der Waals surface area (Å²) in [5.74, 6) is 1.18. The number of benzene rings is 1. The summed E-state index contributed by atoms with van der Waals surface area (Å²) in [7, 11) is 0. The Morgan fingerprint density at radius 1 is 1.16 bits per heavy atom. The van der Waals surface area contributed by atoms with Crippen LogP contribution in [0.5, 0.6) is 0 Å². The largest absolute Gasteiger partial charge is 0.381 e. The topological polar surface area (TPSA) is 67.4 Å². The molecule has 7 nitrogen and oxygen atoms in total. The number of nitrogens with zero attached hydrogens (tertiary/aromatic N) is 2. The fraction of sp³-hybridized carbons (Fsp3) is 0.696. The molecule has 0 radical (unpaired) electrons. The molecule has 0 bridgehead atoms. The minimum absolute atomic E-state index is 0.200. The first-order valence-corrected chi connectivity index (χ1v) is 11.5. The number of halogens is 1. The zero-order valence-corrected chi connectivity index (χ0v) is 18.7. The highest BCUT2D eigenvalue weighted by atomic mass is 19.1. The van der Waals surface area contributed by atoms with E-state index in [4.69, 9.17) is 14.2 Å². The van der Waals surface area contributed by atoms with Crippen LogP contribution in [0.15, 0.2) is 23.2 Å². The lowest BCUT2D eigenvalue weighted by Crippen LogP contribution is -2.38. The summed E-state index contributed by atoms with van der Waals surface area (Å²) in [6.07, 6.45) is 3.11. The molecule has 0 aromatic heterocycles. The summed E-state index contributed by atoms with van der Waals surface area (Å²) in [6, 6.07) is 5.38. The first-order chi connectivity index (χ1) is 15.3. The second kappa shape index (κ2) is 13.5. The molecule has 2 saturated heterocycles. The lowest BCUT2D eigenvalue weighted by atomic mass is 10.0. The summed E-state index contributed by atoms with van der Waals surface area (Å²) in [6.45, 7) is 10.0. The highest BCUT2D eigenvalue weighted by Gasteiger charge is 2.15. The Balaban J connectivity index is 1.39. The van der Waals surface area contributed by atoms with Crippen molar-refractivity contribution in [2.24, 2.45) is 10.9 Å². The van der Waals surface area contributed by atoms with E-state index in [0.29, 0.717) is 31.4 Å². The van der Waals surface area contributed by atoms with Gasteiger partial charge in [0, 0.05) is 52.6 Å². The van der Waals surface area contributed by atoms with Gasteiger partial charge in [0.1, 0.15) is 5.82 Å². The van der Waals surface area contributed by atoms with Gasteiger partial charge >= 0.3 is 0 Å². The molecular weight excluding hydrogens is 399 g/mol. The van der Waals surface area contributed by atoms with Gasteiger partial charge in [0.25, 0.3) is 0 Å². The Morgan fingerprint density at radius 2 is 1.94 bits per heavy atom. The molecule has 2 fully saturated rings. The monoisotopic (exact) mass is 436 g/mol. The van der Waals surface area contributed by atoms with Crippen LogP contribution in [0, 0.1) is 11.7 Å². The van der Waals surface area contributed by atoms with Crippen LogP contribution in [-0.4, -0.2) is 71.8 Å². The zero-order valence-electron chi connectivity index (χ0n) is 18.7. The van der Waals surface area contributed by atoms with Gasteiger partial charge in [0.2, 0.25) is 0 Å². The maximum absolute atomic E-state index is 14.6. The molecule has 1 aromatic rings. The van der Waals surface area contributed by atoms with E-state index in [-0.39, 0.29) is 5.82 Å². The van der Waals surface area contributed by atoms with Crippen LogP contribution in [0.25, 0.3) is 0 Å². The van der Waals surface area contributed by atoms with Crippen LogP contribution in [0.2, 0.25) is 0 Å². The Morgan fingerprint density at radius 3 is 2.68 bits per heavy atom. The van der Waals surface area contributed by atoms with Crippen LogP contribution in [-0.2, 0) is 20.8 Å². The number of morpholine rings is 1. The lowest BCUT2D eigenvalue weighted by Gasteiger charge is -2.29. The maximum Gasteiger partial charge on any atom is 0.191 e. The fourth-order valence-corrected chi connectivity index (χ4v) is 3.77. The van der Waals surface area contributed by atoms with E-state index in [2.05, 4.69) is 15.6 Å². The minimum atomic E-state index is -0.200. The van der Waals surface area contributed by atoms with Gasteiger partial charge < -0.3 is 29.7 Å². The van der Waals surface area contributed by atoms with E-state index in [1.165, 1.54) is 0 Å². The second-order valence-corrected chi connectivity index (χ2v) is 7.99. The van der Waals surface area contributed by atoms with Gasteiger partial charge in [-0.25, -0.2) is 9.38 Å². The zero-order chi connectivity index (χ0) is 21.7. The van der Waals surface area contributed by atoms with Crippen LogP contribution in [0.1, 0.15) is 31.7 Å². The molecule has 8 heteroatoms. The van der Waals surface area contributed by atoms with Crippen molar-refractivity contribution < 1.29 is 18.6 Å². The van der Waals surface area contributed by atoms with Crippen molar-refractivity contribution in [3.8, 4) is 0 Å². The highest BCUT2D eigenvalue weighted by Crippen LogP contribution is 2.22. The average molecular weight is 437 g/mol. The summed E-state index contributed by atoms with van der Waals surface area (Å²) in [5.41, 5.74) is 1.49. The quantitative estimate of drug-likeness (QED) is 0.334. The molecule has 2 aliphatic rings. The first kappa shape index (κ1) is 23.8. The molecule has 2 N–H and O–H groups in total. The Bertz CT molecular complexity index is 677.